The van der Waals surface area contributed by atoms with E-state index in [9.17, 15) is 9.59 Å². The van der Waals surface area contributed by atoms with E-state index in [1.165, 1.54) is 0 Å². The highest BCUT2D eigenvalue weighted by Crippen LogP contribution is 2.25. The topological polar surface area (TPSA) is 102 Å². The smallest absolute Gasteiger partial charge is 0.286 e. The van der Waals surface area contributed by atoms with E-state index in [-0.39, 0.29) is 42.0 Å². The fourth-order valence-corrected chi connectivity index (χ4v) is 4.36. The zero-order valence-electron chi connectivity index (χ0n) is 17.5. The van der Waals surface area contributed by atoms with Crippen molar-refractivity contribution in [1.82, 2.24) is 15.5 Å². The van der Waals surface area contributed by atoms with Crippen LogP contribution in [0.3, 0.4) is 0 Å². The Hall–Kier alpha value is -2.82. The van der Waals surface area contributed by atoms with Crippen LogP contribution in [0.2, 0.25) is 0 Å². The van der Waals surface area contributed by atoms with E-state index in [4.69, 9.17) is 9.47 Å². The summed E-state index contributed by atoms with van der Waals surface area (Å²) in [5.41, 5.74) is 0.626. The van der Waals surface area contributed by atoms with E-state index in [0.29, 0.717) is 16.4 Å². The molecule has 2 heterocycles. The lowest BCUT2D eigenvalue weighted by atomic mass is 10.0. The first kappa shape index (κ1) is 22.9. The molecule has 31 heavy (non-hydrogen) atoms. The Morgan fingerprint density at radius 3 is 2.55 bits per heavy atom. The van der Waals surface area contributed by atoms with Crippen LogP contribution in [0.25, 0.3) is 0 Å². The lowest BCUT2D eigenvalue weighted by molar-refractivity contribution is -0.127. The van der Waals surface area contributed by atoms with Gasteiger partial charge in [0.2, 0.25) is 10.9 Å². The van der Waals surface area contributed by atoms with Crippen molar-refractivity contribution in [2.45, 2.75) is 26.5 Å². The summed E-state index contributed by atoms with van der Waals surface area (Å²) in [6, 6.07) is 10.9. The van der Waals surface area contributed by atoms with E-state index in [1.807, 2.05) is 17.5 Å². The van der Waals surface area contributed by atoms with E-state index < -0.39 is 0 Å². The summed E-state index contributed by atoms with van der Waals surface area (Å²) >= 11 is 2.74. The van der Waals surface area contributed by atoms with Gasteiger partial charge in [-0.1, -0.05) is 31.3 Å². The average molecular weight is 461 g/mol. The maximum Gasteiger partial charge on any atom is 0.286 e. The predicted molar refractivity (Wildman–Crippen MR) is 121 cm³/mol. The van der Waals surface area contributed by atoms with Gasteiger partial charge in [0.25, 0.3) is 5.91 Å². The number of amides is 2. The van der Waals surface area contributed by atoms with Crippen molar-refractivity contribution in [3.8, 4) is 5.75 Å². The van der Waals surface area contributed by atoms with Crippen molar-refractivity contribution < 1.29 is 19.1 Å². The van der Waals surface area contributed by atoms with Crippen LogP contribution in [-0.2, 0) is 16.1 Å². The minimum atomic E-state index is -0.359. The summed E-state index contributed by atoms with van der Waals surface area (Å²) in [5.74, 6) is 0.404. The molecule has 0 unspecified atom stereocenters. The second kappa shape index (κ2) is 11.0. The van der Waals surface area contributed by atoms with Crippen molar-refractivity contribution >= 4 is 40.2 Å². The number of benzene rings is 1. The van der Waals surface area contributed by atoms with Crippen LogP contribution in [0.5, 0.6) is 5.75 Å². The molecule has 10 heteroatoms. The van der Waals surface area contributed by atoms with Gasteiger partial charge in [0, 0.05) is 10.6 Å². The van der Waals surface area contributed by atoms with Crippen LogP contribution >= 0.6 is 22.7 Å². The first-order valence-corrected chi connectivity index (χ1v) is 11.3. The Bertz CT molecular complexity index is 987. The third kappa shape index (κ3) is 6.58. The third-order valence-corrected chi connectivity index (χ3v) is 6.15. The quantitative estimate of drug-likeness (QED) is 0.476. The number of nitrogens with zero attached hydrogens (tertiary/aromatic N) is 2. The standard InChI is InChI=1S/C21H24N4O4S2/c1-13(2)19(16-5-4-10-30-16)23-17(26)11-29-12-18-24-25-21(31-18)20(27)22-14-6-8-15(28-3)9-7-14/h4-10,13,19H,11-12H2,1-3H3,(H,22,27)(H,23,26)/t19-/m0/s1. The Kier molecular flexibility index (Phi) is 8.10. The van der Waals surface area contributed by atoms with Gasteiger partial charge in [-0.05, 0) is 41.6 Å². The zero-order valence-corrected chi connectivity index (χ0v) is 19.1. The molecule has 164 valence electrons. The maximum absolute atomic E-state index is 12.3. The molecule has 0 aliphatic heterocycles. The Morgan fingerprint density at radius 1 is 1.13 bits per heavy atom. The van der Waals surface area contributed by atoms with E-state index in [1.54, 1.807) is 42.7 Å². The molecule has 8 nitrogen and oxygen atoms in total. The van der Waals surface area contributed by atoms with Crippen LogP contribution in [0.4, 0.5) is 5.69 Å². The average Bonchev–Trinajstić information content (AvgIpc) is 3.45. The summed E-state index contributed by atoms with van der Waals surface area (Å²) in [4.78, 5) is 25.7. The number of carbonyl (C=O) groups excluding carboxylic acids is 2. The molecule has 3 aromatic rings. The molecule has 0 saturated carbocycles. The molecule has 0 aliphatic rings. The zero-order chi connectivity index (χ0) is 22.2. The van der Waals surface area contributed by atoms with Crippen molar-refractivity contribution in [3.63, 3.8) is 0 Å². The van der Waals surface area contributed by atoms with Crippen molar-refractivity contribution in [2.75, 3.05) is 19.0 Å². The molecule has 2 aromatic heterocycles. The normalized spacial score (nSPS) is 11.9. The number of methoxy groups -OCH3 is 1. The largest absolute Gasteiger partial charge is 0.497 e. The number of hydrogen-bond acceptors (Lipinski definition) is 8. The van der Waals surface area contributed by atoms with Crippen molar-refractivity contribution in [2.24, 2.45) is 5.92 Å². The van der Waals surface area contributed by atoms with Gasteiger partial charge < -0.3 is 20.1 Å². The first-order valence-electron chi connectivity index (χ1n) is 9.64. The second-order valence-electron chi connectivity index (χ2n) is 6.98. The van der Waals surface area contributed by atoms with Crippen LogP contribution in [0, 0.1) is 5.92 Å². The monoisotopic (exact) mass is 460 g/mol. The van der Waals surface area contributed by atoms with E-state index in [2.05, 4.69) is 34.7 Å². The van der Waals surface area contributed by atoms with E-state index >= 15 is 0 Å². The predicted octanol–water partition coefficient (Wildman–Crippen LogP) is 3.89. The Morgan fingerprint density at radius 2 is 1.90 bits per heavy atom. The van der Waals surface area contributed by atoms with Gasteiger partial charge in [-0.2, -0.15) is 0 Å². The van der Waals surface area contributed by atoms with E-state index in [0.717, 1.165) is 16.2 Å². The van der Waals surface area contributed by atoms with Crippen LogP contribution in [0.15, 0.2) is 41.8 Å². The number of hydrogen-bond donors (Lipinski definition) is 2. The van der Waals surface area contributed by atoms with Gasteiger partial charge in [0.1, 0.15) is 24.0 Å². The third-order valence-electron chi connectivity index (χ3n) is 4.30. The number of rotatable bonds is 10. The van der Waals surface area contributed by atoms with Crippen molar-refractivity contribution in [3.05, 3.63) is 56.7 Å². The molecule has 0 aliphatic carbocycles. The fourth-order valence-electron chi connectivity index (χ4n) is 2.74. The van der Waals surface area contributed by atoms with Crippen LogP contribution in [-0.4, -0.2) is 35.7 Å². The number of thiophene rings is 1. The summed E-state index contributed by atoms with van der Waals surface area (Å²) in [5, 5.41) is 16.4. The first-order chi connectivity index (χ1) is 15.0. The molecule has 3 rings (SSSR count). The Balaban J connectivity index is 1.46. The maximum atomic E-state index is 12.3. The lowest BCUT2D eigenvalue weighted by Gasteiger charge is -2.21. The Labute approximate surface area is 188 Å². The summed E-state index contributed by atoms with van der Waals surface area (Å²) in [7, 11) is 1.58. The molecule has 1 aromatic carbocycles. The van der Waals surface area contributed by atoms with Gasteiger partial charge in [-0.15, -0.1) is 21.5 Å². The molecule has 2 amide bonds. The number of carbonyl (C=O) groups is 2. The van der Waals surface area contributed by atoms with Gasteiger partial charge in [-0.3, -0.25) is 9.59 Å². The van der Waals surface area contributed by atoms with Gasteiger partial charge in [0.15, 0.2) is 0 Å². The lowest BCUT2D eigenvalue weighted by Crippen LogP contribution is -2.33. The molecule has 1 atom stereocenters. The number of anilines is 1. The SMILES string of the molecule is COc1ccc(NC(=O)c2nnc(COCC(=O)N[C@H](c3cccs3)C(C)C)s2)cc1. The molecular weight excluding hydrogens is 436 g/mol. The minimum Gasteiger partial charge on any atom is -0.497 e. The van der Waals surface area contributed by atoms with Crippen LogP contribution < -0.4 is 15.4 Å². The van der Waals surface area contributed by atoms with Gasteiger partial charge in [0.05, 0.1) is 13.2 Å². The number of ether oxygens (including phenoxy) is 2. The number of nitrogens with one attached hydrogen (secondary N) is 2. The second-order valence-corrected chi connectivity index (χ2v) is 9.02. The van der Waals surface area contributed by atoms with Gasteiger partial charge in [-0.25, -0.2) is 0 Å². The molecule has 0 spiro atoms. The highest BCUT2D eigenvalue weighted by Gasteiger charge is 2.19. The molecule has 0 radical (unpaired) electrons. The highest BCUT2D eigenvalue weighted by molar-refractivity contribution is 7.13. The molecular formula is C21H24N4O4S2. The van der Waals surface area contributed by atoms with Crippen molar-refractivity contribution in [1.29, 1.82) is 0 Å². The summed E-state index contributed by atoms with van der Waals surface area (Å²) in [6.07, 6.45) is 0. The van der Waals surface area contributed by atoms with Crippen LogP contribution in [0.1, 0.15) is 39.6 Å². The number of aromatic nitrogens is 2. The molecule has 2 N–H and O–H groups in total. The minimum absolute atomic E-state index is 0.0501. The molecule has 0 saturated heterocycles. The summed E-state index contributed by atoms with van der Waals surface area (Å²) in [6.45, 7) is 4.13. The molecule has 0 bridgehead atoms. The fraction of sp³-hybridized carbons (Fsp3) is 0.333. The van der Waals surface area contributed by atoms with Gasteiger partial charge >= 0.3 is 0 Å². The highest BCUT2D eigenvalue weighted by atomic mass is 32.1. The molecule has 0 fully saturated rings. The summed E-state index contributed by atoms with van der Waals surface area (Å²) < 4.78 is 10.6.